The summed E-state index contributed by atoms with van der Waals surface area (Å²) in [4.78, 5) is 11.0. The molecule has 1 rings (SSSR count). The van der Waals surface area contributed by atoms with E-state index in [9.17, 15) is 4.79 Å². The maximum atomic E-state index is 11.0. The first-order valence-corrected chi connectivity index (χ1v) is 7.43. The predicted molar refractivity (Wildman–Crippen MR) is 83.5 cm³/mol. The van der Waals surface area contributed by atoms with Gasteiger partial charge >= 0.3 is 5.97 Å². The highest BCUT2D eigenvalue weighted by Crippen LogP contribution is 1.99. The minimum atomic E-state index is -0.349. The average Bonchev–Trinajstić information content (AvgIpc) is 2.54. The van der Waals surface area contributed by atoms with Gasteiger partial charge in [0.1, 0.15) is 0 Å². The zero-order valence-electron chi connectivity index (χ0n) is 13.0. The third kappa shape index (κ3) is 10.1. The molecule has 0 aliphatic heterocycles. The van der Waals surface area contributed by atoms with Crippen molar-refractivity contribution in [3.8, 4) is 0 Å². The fraction of sp³-hybridized carbons (Fsp3) is 0.471. The third-order valence-electron chi connectivity index (χ3n) is 2.61. The predicted octanol–water partition coefficient (Wildman–Crippen LogP) is 2.36. The van der Waals surface area contributed by atoms with Crippen LogP contribution in [0.4, 0.5) is 0 Å². The van der Waals surface area contributed by atoms with Gasteiger partial charge < -0.3 is 18.9 Å². The molecule has 5 heteroatoms. The van der Waals surface area contributed by atoms with E-state index in [1.807, 2.05) is 30.3 Å². The monoisotopic (exact) mass is 308 g/mol. The van der Waals surface area contributed by atoms with Crippen molar-refractivity contribution in [2.75, 3.05) is 39.6 Å². The van der Waals surface area contributed by atoms with Crippen LogP contribution in [0.25, 0.3) is 0 Å². The van der Waals surface area contributed by atoms with Gasteiger partial charge in [-0.25, -0.2) is 4.79 Å². The van der Waals surface area contributed by atoms with Crippen molar-refractivity contribution in [1.29, 1.82) is 0 Å². The largest absolute Gasteiger partial charge is 0.463 e. The summed E-state index contributed by atoms with van der Waals surface area (Å²) in [5.41, 5.74) is 1.15. The van der Waals surface area contributed by atoms with E-state index in [4.69, 9.17) is 18.9 Å². The van der Waals surface area contributed by atoms with Crippen molar-refractivity contribution < 1.29 is 23.7 Å². The number of hydrogen-bond acceptors (Lipinski definition) is 5. The summed E-state index contributed by atoms with van der Waals surface area (Å²) >= 11 is 0. The fourth-order valence-electron chi connectivity index (χ4n) is 1.59. The molecule has 0 saturated heterocycles. The Hall–Kier alpha value is -1.69. The molecule has 0 heterocycles. The summed E-state index contributed by atoms with van der Waals surface area (Å²) in [6.07, 6.45) is 2.99. The average molecular weight is 308 g/mol. The van der Waals surface area contributed by atoms with Crippen LogP contribution in [0.1, 0.15) is 12.5 Å². The number of carbonyl (C=O) groups is 1. The highest BCUT2D eigenvalue weighted by atomic mass is 16.5. The minimum Gasteiger partial charge on any atom is -0.463 e. The van der Waals surface area contributed by atoms with Gasteiger partial charge in [0.15, 0.2) is 0 Å². The van der Waals surface area contributed by atoms with E-state index in [-0.39, 0.29) is 5.97 Å². The molecule has 1 aromatic carbocycles. The molecule has 0 radical (unpaired) electrons. The Morgan fingerprint density at radius 3 is 2.41 bits per heavy atom. The first-order chi connectivity index (χ1) is 10.8. The Balaban J connectivity index is 1.85. The molecular formula is C17H24O5. The van der Waals surface area contributed by atoms with E-state index < -0.39 is 0 Å². The van der Waals surface area contributed by atoms with Crippen molar-refractivity contribution in [3.05, 3.63) is 48.0 Å². The second-order valence-corrected chi connectivity index (χ2v) is 4.38. The SMILES string of the molecule is CCOC(=O)/C=C/COCCOCCOCc1ccccc1. The summed E-state index contributed by atoms with van der Waals surface area (Å²) < 4.78 is 20.9. The lowest BCUT2D eigenvalue weighted by molar-refractivity contribution is -0.137. The maximum Gasteiger partial charge on any atom is 0.330 e. The van der Waals surface area contributed by atoms with E-state index in [0.717, 1.165) is 5.56 Å². The molecule has 5 nitrogen and oxygen atoms in total. The molecule has 0 N–H and O–H groups in total. The van der Waals surface area contributed by atoms with Gasteiger partial charge in [0.2, 0.25) is 0 Å². The van der Waals surface area contributed by atoms with Crippen molar-refractivity contribution in [2.24, 2.45) is 0 Å². The molecule has 22 heavy (non-hydrogen) atoms. The topological polar surface area (TPSA) is 54.0 Å². The van der Waals surface area contributed by atoms with Crippen molar-refractivity contribution in [3.63, 3.8) is 0 Å². The number of esters is 1. The quantitative estimate of drug-likeness (QED) is 0.337. The Morgan fingerprint density at radius 2 is 1.68 bits per heavy atom. The summed E-state index contributed by atoms with van der Waals surface area (Å²) in [6, 6.07) is 10.0. The van der Waals surface area contributed by atoms with E-state index in [2.05, 4.69) is 0 Å². The number of ether oxygens (including phenoxy) is 4. The number of hydrogen-bond donors (Lipinski definition) is 0. The van der Waals surface area contributed by atoms with Crippen LogP contribution >= 0.6 is 0 Å². The molecule has 0 unspecified atom stereocenters. The van der Waals surface area contributed by atoms with Crippen LogP contribution in [0.5, 0.6) is 0 Å². The van der Waals surface area contributed by atoms with Gasteiger partial charge in [0.25, 0.3) is 0 Å². The molecule has 0 fully saturated rings. The number of rotatable bonds is 12. The first kappa shape index (κ1) is 18.4. The van der Waals surface area contributed by atoms with E-state index >= 15 is 0 Å². The van der Waals surface area contributed by atoms with Crippen molar-refractivity contribution in [1.82, 2.24) is 0 Å². The van der Waals surface area contributed by atoms with Gasteiger partial charge in [-0.2, -0.15) is 0 Å². The molecule has 122 valence electrons. The minimum absolute atomic E-state index is 0.349. The molecule has 1 aromatic rings. The van der Waals surface area contributed by atoms with Crippen molar-refractivity contribution in [2.45, 2.75) is 13.5 Å². The molecule has 0 aromatic heterocycles. The summed E-state index contributed by atoms with van der Waals surface area (Å²) in [7, 11) is 0. The van der Waals surface area contributed by atoms with Crippen LogP contribution in [0.15, 0.2) is 42.5 Å². The Morgan fingerprint density at radius 1 is 1.00 bits per heavy atom. The molecule has 0 saturated carbocycles. The van der Waals surface area contributed by atoms with Gasteiger partial charge in [0.05, 0.1) is 46.2 Å². The highest BCUT2D eigenvalue weighted by molar-refractivity contribution is 5.81. The molecule has 0 aliphatic rings. The summed E-state index contributed by atoms with van der Waals surface area (Å²) in [5, 5.41) is 0. The second kappa shape index (κ2) is 13.0. The third-order valence-corrected chi connectivity index (χ3v) is 2.61. The smallest absolute Gasteiger partial charge is 0.330 e. The Bertz CT molecular complexity index is 416. The molecular weight excluding hydrogens is 284 g/mol. The van der Waals surface area contributed by atoms with Crippen LogP contribution in [0, 0.1) is 0 Å². The van der Waals surface area contributed by atoms with Gasteiger partial charge in [-0.1, -0.05) is 36.4 Å². The molecule has 0 aliphatic carbocycles. The molecule has 0 amide bonds. The van der Waals surface area contributed by atoms with Crippen LogP contribution in [0.3, 0.4) is 0 Å². The fourth-order valence-corrected chi connectivity index (χ4v) is 1.59. The zero-order valence-corrected chi connectivity index (χ0v) is 13.0. The lowest BCUT2D eigenvalue weighted by atomic mass is 10.2. The zero-order chi connectivity index (χ0) is 15.9. The van der Waals surface area contributed by atoms with Crippen molar-refractivity contribution >= 4 is 5.97 Å². The molecule has 0 bridgehead atoms. The number of carbonyl (C=O) groups excluding carboxylic acids is 1. The summed E-state index contributed by atoms with van der Waals surface area (Å²) in [5.74, 6) is -0.349. The van der Waals surface area contributed by atoms with Gasteiger partial charge in [0, 0.05) is 6.08 Å². The molecule has 0 spiro atoms. The highest BCUT2D eigenvalue weighted by Gasteiger charge is 1.94. The normalized spacial score (nSPS) is 11.0. The van der Waals surface area contributed by atoms with E-state index in [0.29, 0.717) is 46.2 Å². The second-order valence-electron chi connectivity index (χ2n) is 4.38. The molecule has 0 atom stereocenters. The maximum absolute atomic E-state index is 11.0. The van der Waals surface area contributed by atoms with Gasteiger partial charge in [-0.15, -0.1) is 0 Å². The lowest BCUT2D eigenvalue weighted by Crippen LogP contribution is -2.09. The van der Waals surface area contributed by atoms with E-state index in [1.165, 1.54) is 6.08 Å². The van der Waals surface area contributed by atoms with Crippen LogP contribution in [-0.4, -0.2) is 45.6 Å². The van der Waals surface area contributed by atoms with E-state index in [1.54, 1.807) is 13.0 Å². The van der Waals surface area contributed by atoms with Gasteiger partial charge in [-0.3, -0.25) is 0 Å². The lowest BCUT2D eigenvalue weighted by Gasteiger charge is -2.06. The Labute approximate surface area is 131 Å². The van der Waals surface area contributed by atoms with Crippen LogP contribution < -0.4 is 0 Å². The van der Waals surface area contributed by atoms with Gasteiger partial charge in [-0.05, 0) is 12.5 Å². The summed E-state index contributed by atoms with van der Waals surface area (Å²) in [6.45, 7) is 5.18. The number of benzene rings is 1. The first-order valence-electron chi connectivity index (χ1n) is 7.43. The Kier molecular flexibility index (Phi) is 10.9. The standard InChI is InChI=1S/C17H24O5/c1-2-22-17(18)9-6-10-19-11-12-20-13-14-21-15-16-7-4-3-5-8-16/h3-9H,2,10-15H2,1H3/b9-6+. The van der Waals surface area contributed by atoms with Crippen LogP contribution in [0.2, 0.25) is 0 Å². The van der Waals surface area contributed by atoms with Crippen LogP contribution in [-0.2, 0) is 30.3 Å².